The van der Waals surface area contributed by atoms with Crippen molar-refractivity contribution in [1.29, 1.82) is 0 Å². The quantitative estimate of drug-likeness (QED) is 0.440. The fourth-order valence-corrected chi connectivity index (χ4v) is 2.80. The zero-order valence-corrected chi connectivity index (χ0v) is 15.4. The van der Waals surface area contributed by atoms with Crippen LogP contribution in [0.25, 0.3) is 11.3 Å². The highest BCUT2D eigenvalue weighted by molar-refractivity contribution is 5.69. The predicted molar refractivity (Wildman–Crippen MR) is 100 cm³/mol. The van der Waals surface area contributed by atoms with E-state index < -0.39 is 11.9 Å². The van der Waals surface area contributed by atoms with E-state index in [9.17, 15) is 15.0 Å². The first kappa shape index (κ1) is 19.6. The van der Waals surface area contributed by atoms with Gasteiger partial charge in [0.25, 0.3) is 0 Å². The number of benzene rings is 1. The first-order valence-electron chi connectivity index (χ1n) is 8.75. The molecule has 0 fully saturated rings. The highest BCUT2D eigenvalue weighted by atomic mass is 16.4. The largest absolute Gasteiger partial charge is 0.508 e. The molecule has 26 heavy (non-hydrogen) atoms. The van der Waals surface area contributed by atoms with Gasteiger partial charge in [-0.05, 0) is 68.9 Å². The molecule has 1 aromatic heterocycles. The molecule has 1 aromatic carbocycles. The van der Waals surface area contributed by atoms with Gasteiger partial charge in [-0.25, -0.2) is 0 Å². The molecule has 1 heterocycles. The van der Waals surface area contributed by atoms with Gasteiger partial charge in [-0.2, -0.15) is 0 Å². The molecule has 5 nitrogen and oxygen atoms in total. The Morgan fingerprint density at radius 1 is 1.19 bits per heavy atom. The molecule has 0 saturated heterocycles. The van der Waals surface area contributed by atoms with Crippen molar-refractivity contribution in [2.24, 2.45) is 5.92 Å². The van der Waals surface area contributed by atoms with Crippen LogP contribution in [-0.2, 0) is 4.79 Å². The summed E-state index contributed by atoms with van der Waals surface area (Å²) in [5.41, 5.74) is 2.59. The van der Waals surface area contributed by atoms with E-state index in [-0.39, 0.29) is 17.4 Å². The standard InChI is InChI=1S/C21H26O5/c1-13(2)4-6-15(7-5-14(3)21(24)25)16-10-20(26-12-16)18-11-17(22)8-9-19(18)23/h4,8-12,14-15,22-23H,5-7H2,1-3H3,(H,24,25). The van der Waals surface area contributed by atoms with E-state index in [1.165, 1.54) is 23.8 Å². The second kappa shape index (κ2) is 8.61. The molecule has 2 unspecified atom stereocenters. The summed E-state index contributed by atoms with van der Waals surface area (Å²) in [6, 6.07) is 6.13. The molecule has 0 aliphatic heterocycles. The van der Waals surface area contributed by atoms with Crippen molar-refractivity contribution in [3.8, 4) is 22.8 Å². The molecular weight excluding hydrogens is 332 g/mol. The van der Waals surface area contributed by atoms with Crippen LogP contribution in [0.4, 0.5) is 0 Å². The lowest BCUT2D eigenvalue weighted by atomic mass is 9.89. The Kier molecular flexibility index (Phi) is 6.50. The van der Waals surface area contributed by atoms with Gasteiger partial charge in [0.1, 0.15) is 17.3 Å². The summed E-state index contributed by atoms with van der Waals surface area (Å²) in [4.78, 5) is 11.1. The van der Waals surface area contributed by atoms with Crippen LogP contribution < -0.4 is 0 Å². The average molecular weight is 358 g/mol. The first-order chi connectivity index (χ1) is 12.3. The number of rotatable bonds is 8. The third kappa shape index (κ3) is 5.15. The minimum atomic E-state index is -0.788. The molecular formula is C21H26O5. The second-order valence-electron chi connectivity index (χ2n) is 6.98. The van der Waals surface area contributed by atoms with Gasteiger partial charge in [0.2, 0.25) is 0 Å². The molecule has 2 aromatic rings. The zero-order chi connectivity index (χ0) is 19.3. The highest BCUT2D eigenvalue weighted by Crippen LogP contribution is 2.36. The van der Waals surface area contributed by atoms with Crippen LogP contribution in [-0.4, -0.2) is 21.3 Å². The maximum atomic E-state index is 11.1. The first-order valence-corrected chi connectivity index (χ1v) is 8.75. The Hall–Kier alpha value is -2.69. The van der Waals surface area contributed by atoms with Gasteiger partial charge in [-0.1, -0.05) is 18.6 Å². The molecule has 0 bridgehead atoms. The van der Waals surface area contributed by atoms with Gasteiger partial charge >= 0.3 is 5.97 Å². The van der Waals surface area contributed by atoms with Crippen molar-refractivity contribution < 1.29 is 24.5 Å². The lowest BCUT2D eigenvalue weighted by Crippen LogP contribution is -2.11. The van der Waals surface area contributed by atoms with Gasteiger partial charge < -0.3 is 19.7 Å². The molecule has 0 radical (unpaired) electrons. The lowest BCUT2D eigenvalue weighted by Gasteiger charge is -2.15. The summed E-state index contributed by atoms with van der Waals surface area (Å²) >= 11 is 0. The van der Waals surface area contributed by atoms with E-state index >= 15 is 0 Å². The number of phenols is 2. The molecule has 2 atom stereocenters. The van der Waals surface area contributed by atoms with Gasteiger partial charge in [0.15, 0.2) is 0 Å². The number of allylic oxidation sites excluding steroid dienone is 2. The normalized spacial score (nSPS) is 13.2. The fourth-order valence-electron chi connectivity index (χ4n) is 2.80. The van der Waals surface area contributed by atoms with E-state index in [2.05, 4.69) is 6.08 Å². The van der Waals surface area contributed by atoms with Crippen LogP contribution in [0.15, 0.2) is 46.6 Å². The van der Waals surface area contributed by atoms with E-state index in [0.29, 0.717) is 17.7 Å². The van der Waals surface area contributed by atoms with Crippen molar-refractivity contribution >= 4 is 5.97 Å². The lowest BCUT2D eigenvalue weighted by molar-refractivity contribution is -0.141. The number of carboxylic acid groups (broad SMARTS) is 1. The number of hydrogen-bond acceptors (Lipinski definition) is 4. The number of hydrogen-bond donors (Lipinski definition) is 3. The summed E-state index contributed by atoms with van der Waals surface area (Å²) < 4.78 is 5.62. The highest BCUT2D eigenvalue weighted by Gasteiger charge is 2.19. The number of carbonyl (C=O) groups is 1. The van der Waals surface area contributed by atoms with E-state index in [1.54, 1.807) is 13.2 Å². The molecule has 5 heteroatoms. The van der Waals surface area contributed by atoms with Crippen LogP contribution in [0, 0.1) is 5.92 Å². The third-order valence-electron chi connectivity index (χ3n) is 4.52. The molecule has 3 N–H and O–H groups in total. The summed E-state index contributed by atoms with van der Waals surface area (Å²) in [6.07, 6.45) is 5.87. The average Bonchev–Trinajstić information content (AvgIpc) is 3.06. The smallest absolute Gasteiger partial charge is 0.306 e. The van der Waals surface area contributed by atoms with Crippen molar-refractivity contribution in [3.05, 3.63) is 47.7 Å². The van der Waals surface area contributed by atoms with Crippen LogP contribution in [0.5, 0.6) is 11.5 Å². The predicted octanol–water partition coefficient (Wildman–Crippen LogP) is 5.30. The minimum Gasteiger partial charge on any atom is -0.508 e. The minimum absolute atomic E-state index is 0.0315. The van der Waals surface area contributed by atoms with E-state index in [0.717, 1.165) is 18.4 Å². The van der Waals surface area contributed by atoms with Crippen molar-refractivity contribution in [2.45, 2.75) is 46.0 Å². The molecule has 0 aliphatic rings. The Balaban J connectivity index is 2.24. The summed E-state index contributed by atoms with van der Waals surface area (Å²) in [6.45, 7) is 5.77. The Morgan fingerprint density at radius 2 is 1.92 bits per heavy atom. The number of phenolic OH excluding ortho intramolecular Hbond substituents is 2. The van der Waals surface area contributed by atoms with Gasteiger partial charge in [0.05, 0.1) is 17.7 Å². The van der Waals surface area contributed by atoms with Gasteiger partial charge in [-0.15, -0.1) is 0 Å². The molecule has 140 valence electrons. The van der Waals surface area contributed by atoms with E-state index in [4.69, 9.17) is 9.52 Å². The van der Waals surface area contributed by atoms with Crippen molar-refractivity contribution in [3.63, 3.8) is 0 Å². The van der Waals surface area contributed by atoms with Gasteiger partial charge in [0, 0.05) is 0 Å². The molecule has 0 aliphatic carbocycles. The third-order valence-corrected chi connectivity index (χ3v) is 4.52. The Bertz CT molecular complexity index is 783. The Labute approximate surface area is 153 Å². The molecule has 2 rings (SSSR count). The van der Waals surface area contributed by atoms with Crippen molar-refractivity contribution in [2.75, 3.05) is 0 Å². The summed E-state index contributed by atoms with van der Waals surface area (Å²) in [7, 11) is 0. The van der Waals surface area contributed by atoms with E-state index in [1.807, 2.05) is 19.9 Å². The molecule has 0 spiro atoms. The monoisotopic (exact) mass is 358 g/mol. The summed E-state index contributed by atoms with van der Waals surface area (Å²) in [5, 5.41) is 28.8. The zero-order valence-electron chi connectivity index (χ0n) is 15.4. The van der Waals surface area contributed by atoms with Crippen LogP contribution in [0.2, 0.25) is 0 Å². The van der Waals surface area contributed by atoms with Crippen LogP contribution >= 0.6 is 0 Å². The second-order valence-corrected chi connectivity index (χ2v) is 6.98. The SMILES string of the molecule is CC(C)=CCC(CCC(C)C(=O)O)c1coc(-c2cc(O)ccc2O)c1. The van der Waals surface area contributed by atoms with Gasteiger partial charge in [-0.3, -0.25) is 4.79 Å². The maximum absolute atomic E-state index is 11.1. The number of aliphatic carboxylic acids is 1. The molecule has 0 saturated carbocycles. The number of carboxylic acids is 1. The fraction of sp³-hybridized carbons (Fsp3) is 0.381. The number of aromatic hydroxyl groups is 2. The molecule has 0 amide bonds. The van der Waals surface area contributed by atoms with Crippen LogP contribution in [0.3, 0.4) is 0 Å². The van der Waals surface area contributed by atoms with Crippen LogP contribution in [0.1, 0.15) is 51.5 Å². The summed E-state index contributed by atoms with van der Waals surface area (Å²) in [5.74, 6) is -0.504. The maximum Gasteiger partial charge on any atom is 0.306 e. The Morgan fingerprint density at radius 3 is 2.58 bits per heavy atom. The number of furan rings is 1. The topological polar surface area (TPSA) is 90.9 Å². The van der Waals surface area contributed by atoms with Crippen molar-refractivity contribution in [1.82, 2.24) is 0 Å².